The molecule has 94 valence electrons. The molecular weight excluding hydrogens is 302 g/mol. The predicted molar refractivity (Wildman–Crippen MR) is 79.5 cm³/mol. The van der Waals surface area contributed by atoms with Crippen LogP contribution in [0.5, 0.6) is 0 Å². The van der Waals surface area contributed by atoms with E-state index in [0.29, 0.717) is 12.1 Å². The van der Waals surface area contributed by atoms with Gasteiger partial charge >= 0.3 is 0 Å². The lowest BCUT2D eigenvalue weighted by Gasteiger charge is -2.23. The van der Waals surface area contributed by atoms with E-state index < -0.39 is 0 Å². The Morgan fingerprint density at radius 2 is 1.89 bits per heavy atom. The largest absolute Gasteiger partial charge is 0.311 e. The molecule has 0 bridgehead atoms. The van der Waals surface area contributed by atoms with Gasteiger partial charge in [0, 0.05) is 16.2 Å². The molecule has 1 amide bonds. The van der Waals surface area contributed by atoms with E-state index in [9.17, 15) is 4.79 Å². The number of nitrogens with zero attached hydrogens (tertiary/aromatic N) is 1. The van der Waals surface area contributed by atoms with Gasteiger partial charge in [-0.05, 0) is 41.5 Å². The Labute approximate surface area is 120 Å². The van der Waals surface area contributed by atoms with Crippen LogP contribution < -0.4 is 0 Å². The Morgan fingerprint density at radius 3 is 2.68 bits per heavy atom. The molecule has 19 heavy (non-hydrogen) atoms. The normalized spacial score (nSPS) is 13.2. The topological polar surface area (TPSA) is 20.3 Å². The highest BCUT2D eigenvalue weighted by atomic mass is 79.9. The van der Waals surface area contributed by atoms with Crippen molar-refractivity contribution in [2.75, 3.05) is 0 Å². The van der Waals surface area contributed by atoms with Gasteiger partial charge in [0.2, 0.25) is 0 Å². The molecule has 0 saturated heterocycles. The summed E-state index contributed by atoms with van der Waals surface area (Å²) >= 11 is 3.46. The minimum Gasteiger partial charge on any atom is -0.311 e. The minimum atomic E-state index is 0.0328. The monoisotopic (exact) mass is 313 g/mol. The molecular formula is C16H12BrNO. The van der Waals surface area contributed by atoms with Crippen LogP contribution in [-0.2, 0) is 6.54 Å². The van der Waals surface area contributed by atoms with Gasteiger partial charge in [-0.15, -0.1) is 0 Å². The van der Waals surface area contributed by atoms with E-state index in [-0.39, 0.29) is 5.91 Å². The zero-order valence-corrected chi connectivity index (χ0v) is 11.8. The van der Waals surface area contributed by atoms with Gasteiger partial charge in [0.1, 0.15) is 0 Å². The van der Waals surface area contributed by atoms with Gasteiger partial charge in [-0.1, -0.05) is 40.2 Å². The van der Waals surface area contributed by atoms with Crippen LogP contribution in [-0.4, -0.2) is 10.8 Å². The van der Waals surface area contributed by atoms with Crippen molar-refractivity contribution in [2.45, 2.75) is 6.54 Å². The molecule has 0 saturated carbocycles. The molecule has 0 fully saturated rings. The number of hydrogen-bond donors (Lipinski definition) is 0. The second-order valence-corrected chi connectivity index (χ2v) is 5.37. The van der Waals surface area contributed by atoms with E-state index in [0.717, 1.165) is 15.6 Å². The lowest BCUT2D eigenvalue weighted by molar-refractivity contribution is 0.0813. The number of halogens is 1. The first-order chi connectivity index (χ1) is 9.24. The number of amides is 1. The van der Waals surface area contributed by atoms with Crippen LogP contribution in [0.4, 0.5) is 0 Å². The van der Waals surface area contributed by atoms with E-state index in [1.165, 1.54) is 0 Å². The lowest BCUT2D eigenvalue weighted by Crippen LogP contribution is -2.27. The Morgan fingerprint density at radius 1 is 1.11 bits per heavy atom. The summed E-state index contributed by atoms with van der Waals surface area (Å²) in [6.45, 7) is 0.618. The lowest BCUT2D eigenvalue weighted by atomic mass is 10.0. The molecule has 1 aliphatic rings. The van der Waals surface area contributed by atoms with Gasteiger partial charge in [0.05, 0.1) is 6.54 Å². The minimum absolute atomic E-state index is 0.0328. The van der Waals surface area contributed by atoms with Crippen molar-refractivity contribution in [1.82, 2.24) is 4.90 Å². The quantitative estimate of drug-likeness (QED) is 0.777. The third-order valence-corrected chi connectivity index (χ3v) is 3.66. The van der Waals surface area contributed by atoms with Crippen LogP contribution >= 0.6 is 15.9 Å². The Hall–Kier alpha value is -1.87. The first kappa shape index (κ1) is 12.2. The molecule has 2 nitrogen and oxygen atoms in total. The fourth-order valence-electron chi connectivity index (χ4n) is 2.16. The molecule has 0 radical (unpaired) electrons. The van der Waals surface area contributed by atoms with Crippen molar-refractivity contribution in [1.29, 1.82) is 0 Å². The summed E-state index contributed by atoms with van der Waals surface area (Å²) in [6.07, 6.45) is 3.83. The van der Waals surface area contributed by atoms with E-state index in [1.54, 1.807) is 4.90 Å². The summed E-state index contributed by atoms with van der Waals surface area (Å²) in [7, 11) is 0. The van der Waals surface area contributed by atoms with Crippen molar-refractivity contribution < 1.29 is 4.79 Å². The average molecular weight is 314 g/mol. The van der Waals surface area contributed by atoms with Crippen LogP contribution in [0.1, 0.15) is 21.5 Å². The highest BCUT2D eigenvalue weighted by Gasteiger charge is 2.17. The maximum atomic E-state index is 12.3. The van der Waals surface area contributed by atoms with Gasteiger partial charge in [-0.3, -0.25) is 4.79 Å². The number of hydrogen-bond acceptors (Lipinski definition) is 1. The van der Waals surface area contributed by atoms with E-state index in [1.807, 2.05) is 54.7 Å². The molecule has 1 heterocycles. The summed E-state index contributed by atoms with van der Waals surface area (Å²) in [5.41, 5.74) is 3.04. The van der Waals surface area contributed by atoms with Crippen LogP contribution in [0.15, 0.2) is 59.2 Å². The van der Waals surface area contributed by atoms with E-state index in [4.69, 9.17) is 0 Å². The number of carbonyl (C=O) groups excluding carboxylic acids is 1. The Bertz CT molecular complexity index is 649. The summed E-state index contributed by atoms with van der Waals surface area (Å²) in [5.74, 6) is 0.0328. The SMILES string of the molecule is O=C(c1ccccc1)N1C=Cc2cc(Br)ccc2C1. The predicted octanol–water partition coefficient (Wildman–Crippen LogP) is 4.08. The van der Waals surface area contributed by atoms with Gasteiger partial charge in [-0.25, -0.2) is 0 Å². The summed E-state index contributed by atoms with van der Waals surface area (Å²) in [4.78, 5) is 14.1. The van der Waals surface area contributed by atoms with Crippen molar-refractivity contribution >= 4 is 27.9 Å². The first-order valence-corrected chi connectivity index (χ1v) is 6.86. The second kappa shape index (κ2) is 5.02. The molecule has 2 aromatic carbocycles. The highest BCUT2D eigenvalue weighted by Crippen LogP contribution is 2.24. The van der Waals surface area contributed by atoms with Crippen molar-refractivity contribution in [3.05, 3.63) is 75.9 Å². The zero-order chi connectivity index (χ0) is 13.2. The van der Waals surface area contributed by atoms with Crippen molar-refractivity contribution in [3.8, 4) is 0 Å². The molecule has 3 rings (SSSR count). The molecule has 0 unspecified atom stereocenters. The number of rotatable bonds is 1. The third-order valence-electron chi connectivity index (χ3n) is 3.16. The molecule has 0 atom stereocenters. The third kappa shape index (κ3) is 2.47. The first-order valence-electron chi connectivity index (χ1n) is 6.07. The van der Waals surface area contributed by atoms with Crippen molar-refractivity contribution in [2.24, 2.45) is 0 Å². The summed E-state index contributed by atoms with van der Waals surface area (Å²) < 4.78 is 1.05. The average Bonchev–Trinajstić information content (AvgIpc) is 2.47. The number of benzene rings is 2. The van der Waals surface area contributed by atoms with Gasteiger partial charge in [0.25, 0.3) is 5.91 Å². The standard InChI is InChI=1S/C16H12BrNO/c17-15-7-6-14-11-18(9-8-13(14)10-15)16(19)12-4-2-1-3-5-12/h1-10H,11H2. The highest BCUT2D eigenvalue weighted by molar-refractivity contribution is 9.10. The molecule has 1 aliphatic heterocycles. The molecule has 2 aromatic rings. The van der Waals surface area contributed by atoms with Gasteiger partial charge < -0.3 is 4.90 Å². The summed E-state index contributed by atoms with van der Waals surface area (Å²) in [5, 5.41) is 0. The molecule has 3 heteroatoms. The number of fused-ring (bicyclic) bond motifs is 1. The van der Waals surface area contributed by atoms with Gasteiger partial charge in [0.15, 0.2) is 0 Å². The maximum absolute atomic E-state index is 12.3. The van der Waals surface area contributed by atoms with Gasteiger partial charge in [-0.2, -0.15) is 0 Å². The van der Waals surface area contributed by atoms with Crippen LogP contribution in [0.25, 0.3) is 6.08 Å². The molecule has 0 aromatic heterocycles. The second-order valence-electron chi connectivity index (χ2n) is 4.46. The fraction of sp³-hybridized carbons (Fsp3) is 0.0625. The molecule has 0 spiro atoms. The van der Waals surface area contributed by atoms with Crippen molar-refractivity contribution in [3.63, 3.8) is 0 Å². The Balaban J connectivity index is 1.87. The van der Waals surface area contributed by atoms with Crippen LogP contribution in [0.3, 0.4) is 0 Å². The smallest absolute Gasteiger partial charge is 0.258 e. The number of carbonyl (C=O) groups is 1. The van der Waals surface area contributed by atoms with Crippen LogP contribution in [0.2, 0.25) is 0 Å². The fourth-order valence-corrected chi connectivity index (χ4v) is 2.54. The zero-order valence-electron chi connectivity index (χ0n) is 10.2. The van der Waals surface area contributed by atoms with E-state index in [2.05, 4.69) is 22.0 Å². The van der Waals surface area contributed by atoms with Crippen LogP contribution in [0, 0.1) is 0 Å². The Kier molecular flexibility index (Phi) is 3.22. The summed E-state index contributed by atoms with van der Waals surface area (Å²) in [6, 6.07) is 15.5. The van der Waals surface area contributed by atoms with E-state index >= 15 is 0 Å². The molecule has 0 N–H and O–H groups in total. The molecule has 0 aliphatic carbocycles. The maximum Gasteiger partial charge on any atom is 0.258 e.